The van der Waals surface area contributed by atoms with Gasteiger partial charge in [-0.2, -0.15) is 0 Å². The molecular formula is C22H16FN3O2S. The molecule has 0 unspecified atom stereocenters. The molecule has 0 radical (unpaired) electrons. The lowest BCUT2D eigenvalue weighted by molar-refractivity contribution is -0.115. The number of halogens is 1. The van der Waals surface area contributed by atoms with Gasteiger partial charge in [-0.1, -0.05) is 48.5 Å². The van der Waals surface area contributed by atoms with Crippen LogP contribution < -0.4 is 10.6 Å². The Kier molecular flexibility index (Phi) is 5.31. The highest BCUT2D eigenvalue weighted by atomic mass is 32.1. The van der Waals surface area contributed by atoms with Crippen molar-refractivity contribution in [2.75, 3.05) is 11.9 Å². The number of hydrogen-bond acceptors (Lipinski definition) is 4. The molecule has 1 aromatic heterocycles. The minimum Gasteiger partial charge on any atom is -0.343 e. The van der Waals surface area contributed by atoms with Crippen molar-refractivity contribution in [3.8, 4) is 11.3 Å². The van der Waals surface area contributed by atoms with Gasteiger partial charge >= 0.3 is 0 Å². The summed E-state index contributed by atoms with van der Waals surface area (Å²) in [6, 6.07) is 19.7. The van der Waals surface area contributed by atoms with Crippen LogP contribution in [0.15, 0.2) is 72.1 Å². The number of carbonyl (C=O) groups excluding carboxylic acids is 2. The van der Waals surface area contributed by atoms with Crippen LogP contribution in [0, 0.1) is 5.82 Å². The van der Waals surface area contributed by atoms with E-state index >= 15 is 0 Å². The van der Waals surface area contributed by atoms with Crippen LogP contribution in [0.5, 0.6) is 0 Å². The van der Waals surface area contributed by atoms with Gasteiger partial charge in [-0.3, -0.25) is 9.59 Å². The van der Waals surface area contributed by atoms with Gasteiger partial charge in [0, 0.05) is 10.9 Å². The van der Waals surface area contributed by atoms with Gasteiger partial charge < -0.3 is 10.6 Å². The Bertz CT molecular complexity index is 1210. The van der Waals surface area contributed by atoms with Gasteiger partial charge in [-0.25, -0.2) is 9.37 Å². The molecule has 2 N–H and O–H groups in total. The normalized spacial score (nSPS) is 10.7. The number of nitrogens with zero attached hydrogens (tertiary/aromatic N) is 1. The average molecular weight is 405 g/mol. The fraction of sp³-hybridized carbons (Fsp3) is 0.0455. The maximum atomic E-state index is 13.6. The number of hydrogen-bond donors (Lipinski definition) is 2. The van der Waals surface area contributed by atoms with Crippen molar-refractivity contribution in [1.82, 2.24) is 10.3 Å². The van der Waals surface area contributed by atoms with Crippen molar-refractivity contribution in [2.45, 2.75) is 0 Å². The quantitative estimate of drug-likeness (QED) is 0.515. The number of rotatable bonds is 5. The Balaban J connectivity index is 1.39. The Morgan fingerprint density at radius 3 is 2.55 bits per heavy atom. The summed E-state index contributed by atoms with van der Waals surface area (Å²) < 4.78 is 13.6. The first-order chi connectivity index (χ1) is 14.1. The molecule has 0 aliphatic heterocycles. The van der Waals surface area contributed by atoms with Gasteiger partial charge in [0.25, 0.3) is 5.91 Å². The first-order valence-corrected chi connectivity index (χ1v) is 9.75. The molecule has 29 heavy (non-hydrogen) atoms. The standard InChI is InChI=1S/C22H16FN3O2S/c23-18-8-4-3-7-17(18)21(28)24-12-20(27)26-22-25-19(13-29-22)16-10-9-14-5-1-2-6-15(14)11-16/h1-11,13H,12H2,(H,24,28)(H,25,26,27). The SMILES string of the molecule is O=C(CNC(=O)c1ccccc1F)Nc1nc(-c2ccc3ccccc3c2)cs1. The molecule has 0 fully saturated rings. The molecule has 0 atom stereocenters. The zero-order chi connectivity index (χ0) is 20.2. The van der Waals surface area contributed by atoms with E-state index in [0.717, 1.165) is 22.0 Å². The Morgan fingerprint density at radius 2 is 1.72 bits per heavy atom. The number of nitrogens with one attached hydrogen (secondary N) is 2. The Labute approximate surface area is 170 Å². The van der Waals surface area contributed by atoms with E-state index < -0.39 is 17.6 Å². The summed E-state index contributed by atoms with van der Waals surface area (Å²) in [7, 11) is 0. The summed E-state index contributed by atoms with van der Waals surface area (Å²) in [4.78, 5) is 28.5. The zero-order valence-corrected chi connectivity index (χ0v) is 16.0. The smallest absolute Gasteiger partial charge is 0.254 e. The molecule has 0 bridgehead atoms. The highest BCUT2D eigenvalue weighted by Crippen LogP contribution is 2.27. The lowest BCUT2D eigenvalue weighted by Crippen LogP contribution is -2.33. The van der Waals surface area contributed by atoms with Crippen molar-refractivity contribution in [3.63, 3.8) is 0 Å². The van der Waals surface area contributed by atoms with Crippen molar-refractivity contribution in [3.05, 3.63) is 83.5 Å². The van der Waals surface area contributed by atoms with Gasteiger partial charge in [-0.05, 0) is 29.0 Å². The number of fused-ring (bicyclic) bond motifs is 1. The molecule has 3 aromatic carbocycles. The van der Waals surface area contributed by atoms with Crippen molar-refractivity contribution in [1.29, 1.82) is 0 Å². The molecule has 4 aromatic rings. The Morgan fingerprint density at radius 1 is 0.966 bits per heavy atom. The summed E-state index contributed by atoms with van der Waals surface area (Å²) in [5, 5.41) is 9.60. The number of anilines is 1. The van der Waals surface area contributed by atoms with Crippen LogP contribution in [0.4, 0.5) is 9.52 Å². The molecule has 0 saturated heterocycles. The van der Waals surface area contributed by atoms with Crippen LogP contribution in [0.25, 0.3) is 22.0 Å². The molecule has 0 aliphatic carbocycles. The van der Waals surface area contributed by atoms with Gasteiger partial charge in [0.1, 0.15) is 5.82 Å². The fourth-order valence-electron chi connectivity index (χ4n) is 2.88. The number of aromatic nitrogens is 1. The van der Waals surface area contributed by atoms with Crippen molar-refractivity contribution in [2.24, 2.45) is 0 Å². The first kappa shape index (κ1) is 18.8. The van der Waals surface area contributed by atoms with Gasteiger partial charge in [0.15, 0.2) is 5.13 Å². The lowest BCUT2D eigenvalue weighted by Gasteiger charge is -2.06. The summed E-state index contributed by atoms with van der Waals surface area (Å²) in [5.41, 5.74) is 1.60. The number of thiazole rings is 1. The molecule has 4 rings (SSSR count). The van der Waals surface area contributed by atoms with E-state index in [1.807, 2.05) is 47.8 Å². The van der Waals surface area contributed by atoms with E-state index in [1.165, 1.54) is 29.5 Å². The predicted molar refractivity (Wildman–Crippen MR) is 112 cm³/mol. The first-order valence-electron chi connectivity index (χ1n) is 8.87. The number of amides is 2. The van der Waals surface area contributed by atoms with Gasteiger partial charge in [-0.15, -0.1) is 11.3 Å². The predicted octanol–water partition coefficient (Wildman–Crippen LogP) is 4.47. The summed E-state index contributed by atoms with van der Waals surface area (Å²) >= 11 is 1.30. The minimum absolute atomic E-state index is 0.104. The van der Waals surface area contributed by atoms with Crippen molar-refractivity contribution >= 4 is 39.1 Å². The van der Waals surface area contributed by atoms with Gasteiger partial charge in [0.2, 0.25) is 5.91 Å². The van der Waals surface area contributed by atoms with E-state index in [9.17, 15) is 14.0 Å². The maximum absolute atomic E-state index is 13.6. The molecule has 5 nitrogen and oxygen atoms in total. The maximum Gasteiger partial charge on any atom is 0.254 e. The van der Waals surface area contributed by atoms with E-state index in [0.29, 0.717) is 5.13 Å². The molecule has 0 aliphatic rings. The second kappa shape index (κ2) is 8.20. The average Bonchev–Trinajstić information content (AvgIpc) is 3.20. The van der Waals surface area contributed by atoms with E-state index in [1.54, 1.807) is 6.07 Å². The third-order valence-corrected chi connectivity index (χ3v) is 5.08. The molecule has 1 heterocycles. The summed E-state index contributed by atoms with van der Waals surface area (Å²) in [6.07, 6.45) is 0. The topological polar surface area (TPSA) is 71.1 Å². The monoisotopic (exact) mass is 405 g/mol. The third kappa shape index (κ3) is 4.30. The third-order valence-electron chi connectivity index (χ3n) is 4.32. The largest absolute Gasteiger partial charge is 0.343 e. The van der Waals surface area contributed by atoms with E-state index in [2.05, 4.69) is 15.6 Å². The minimum atomic E-state index is -0.644. The molecule has 0 saturated carbocycles. The van der Waals surface area contributed by atoms with Crippen LogP contribution >= 0.6 is 11.3 Å². The van der Waals surface area contributed by atoms with Crippen LogP contribution in [-0.2, 0) is 4.79 Å². The van der Waals surface area contributed by atoms with Crippen LogP contribution in [0.3, 0.4) is 0 Å². The second-order valence-electron chi connectivity index (χ2n) is 6.31. The molecular weight excluding hydrogens is 389 g/mol. The Hall–Kier alpha value is -3.58. The van der Waals surface area contributed by atoms with Crippen LogP contribution in [-0.4, -0.2) is 23.3 Å². The van der Waals surface area contributed by atoms with E-state index in [-0.39, 0.29) is 12.1 Å². The summed E-state index contributed by atoms with van der Waals surface area (Å²) in [6.45, 7) is -0.280. The van der Waals surface area contributed by atoms with E-state index in [4.69, 9.17) is 0 Å². The number of carbonyl (C=O) groups is 2. The number of benzene rings is 3. The molecule has 2 amide bonds. The van der Waals surface area contributed by atoms with Gasteiger partial charge in [0.05, 0.1) is 17.8 Å². The second-order valence-corrected chi connectivity index (χ2v) is 7.17. The highest BCUT2D eigenvalue weighted by Gasteiger charge is 2.13. The highest BCUT2D eigenvalue weighted by molar-refractivity contribution is 7.14. The van der Waals surface area contributed by atoms with Crippen molar-refractivity contribution < 1.29 is 14.0 Å². The zero-order valence-electron chi connectivity index (χ0n) is 15.2. The summed E-state index contributed by atoms with van der Waals surface area (Å²) in [5.74, 6) is -1.71. The lowest BCUT2D eigenvalue weighted by atomic mass is 10.1. The molecule has 0 spiro atoms. The molecule has 7 heteroatoms. The van der Waals surface area contributed by atoms with Crippen LogP contribution in [0.1, 0.15) is 10.4 Å². The fourth-order valence-corrected chi connectivity index (χ4v) is 3.61. The molecule has 144 valence electrons. The van der Waals surface area contributed by atoms with Crippen LogP contribution in [0.2, 0.25) is 0 Å².